The highest BCUT2D eigenvalue weighted by atomic mass is 19.3. The standard InChI is InChI=1S/C29H29F5O/c1-18-3-7-20(8-4-18)9-10-21-11-14-24(25(30)15-21)29(33,34)35-23-16-26(31)28(27(32)17-23)22-12-5-19(2)6-13-22/h5-6,11-18,20H,3-4,7-10H2,1-2H3. The molecule has 1 nitrogen and oxygen atoms in total. The number of ether oxygens (including phenoxy) is 1. The van der Waals surface area contributed by atoms with Crippen LogP contribution in [0.4, 0.5) is 22.0 Å². The lowest BCUT2D eigenvalue weighted by Gasteiger charge is -2.26. The Kier molecular flexibility index (Phi) is 7.48. The van der Waals surface area contributed by atoms with Crippen LogP contribution in [-0.2, 0) is 12.5 Å². The molecule has 0 radical (unpaired) electrons. The van der Waals surface area contributed by atoms with E-state index in [-0.39, 0.29) is 11.1 Å². The van der Waals surface area contributed by atoms with Crippen molar-refractivity contribution in [3.05, 3.63) is 88.7 Å². The van der Waals surface area contributed by atoms with Crippen molar-refractivity contribution >= 4 is 0 Å². The molecule has 0 bridgehead atoms. The number of hydrogen-bond donors (Lipinski definition) is 0. The van der Waals surface area contributed by atoms with Crippen LogP contribution in [0.15, 0.2) is 54.6 Å². The molecule has 1 aliphatic rings. The molecule has 0 spiro atoms. The number of halogens is 5. The minimum absolute atomic E-state index is 0.272. The summed E-state index contributed by atoms with van der Waals surface area (Å²) in [6, 6.07) is 11.4. The lowest BCUT2D eigenvalue weighted by atomic mass is 9.80. The quantitative estimate of drug-likeness (QED) is 0.302. The first-order chi connectivity index (χ1) is 16.6. The zero-order valence-corrected chi connectivity index (χ0v) is 19.9. The van der Waals surface area contributed by atoms with E-state index in [4.69, 9.17) is 0 Å². The van der Waals surface area contributed by atoms with Gasteiger partial charge in [-0.15, -0.1) is 0 Å². The van der Waals surface area contributed by atoms with Gasteiger partial charge in [-0.25, -0.2) is 13.2 Å². The zero-order chi connectivity index (χ0) is 25.2. The van der Waals surface area contributed by atoms with Crippen LogP contribution in [0.2, 0.25) is 0 Å². The highest BCUT2D eigenvalue weighted by Crippen LogP contribution is 2.37. The number of hydrogen-bond acceptors (Lipinski definition) is 1. The summed E-state index contributed by atoms with van der Waals surface area (Å²) < 4.78 is 78.0. The van der Waals surface area contributed by atoms with Gasteiger partial charge < -0.3 is 4.74 Å². The van der Waals surface area contributed by atoms with Crippen LogP contribution in [0.1, 0.15) is 55.7 Å². The smallest absolute Gasteiger partial charge is 0.429 e. The molecule has 0 unspecified atom stereocenters. The molecule has 0 saturated heterocycles. The molecule has 186 valence electrons. The molecule has 35 heavy (non-hydrogen) atoms. The van der Waals surface area contributed by atoms with Gasteiger partial charge in [0.25, 0.3) is 0 Å². The Bertz CT molecular complexity index is 1140. The Morgan fingerprint density at radius 1 is 0.829 bits per heavy atom. The third-order valence-electron chi connectivity index (χ3n) is 6.93. The largest absolute Gasteiger partial charge is 0.429 e. The third-order valence-corrected chi connectivity index (χ3v) is 6.93. The maximum absolute atomic E-state index is 14.8. The SMILES string of the molecule is Cc1ccc(-c2c(F)cc(OC(F)(F)c3ccc(CCC4CCC(C)CC4)cc3F)cc2F)cc1. The van der Waals surface area contributed by atoms with Gasteiger partial charge in [0.2, 0.25) is 0 Å². The van der Waals surface area contributed by atoms with E-state index >= 15 is 0 Å². The average molecular weight is 489 g/mol. The van der Waals surface area contributed by atoms with E-state index in [1.165, 1.54) is 31.0 Å². The summed E-state index contributed by atoms with van der Waals surface area (Å²) in [7, 11) is 0. The Morgan fingerprint density at radius 2 is 1.46 bits per heavy atom. The van der Waals surface area contributed by atoms with E-state index in [0.717, 1.165) is 42.9 Å². The topological polar surface area (TPSA) is 9.23 Å². The molecule has 0 N–H and O–H groups in total. The molecule has 1 fully saturated rings. The van der Waals surface area contributed by atoms with Gasteiger partial charge in [0.15, 0.2) is 0 Å². The molecule has 0 aromatic heterocycles. The molecule has 1 saturated carbocycles. The summed E-state index contributed by atoms with van der Waals surface area (Å²) in [4.78, 5) is 0. The second kappa shape index (κ2) is 10.4. The van der Waals surface area contributed by atoms with Crippen molar-refractivity contribution in [2.24, 2.45) is 11.8 Å². The van der Waals surface area contributed by atoms with Crippen LogP contribution in [0.5, 0.6) is 5.75 Å². The zero-order valence-electron chi connectivity index (χ0n) is 19.9. The average Bonchev–Trinajstić information content (AvgIpc) is 2.79. The van der Waals surface area contributed by atoms with E-state index in [9.17, 15) is 22.0 Å². The summed E-state index contributed by atoms with van der Waals surface area (Å²) in [5.41, 5.74) is 0.499. The van der Waals surface area contributed by atoms with Crippen LogP contribution < -0.4 is 4.74 Å². The van der Waals surface area contributed by atoms with Crippen molar-refractivity contribution in [1.29, 1.82) is 0 Å². The molecule has 6 heteroatoms. The predicted octanol–water partition coefficient (Wildman–Crippen LogP) is 8.97. The highest BCUT2D eigenvalue weighted by molar-refractivity contribution is 5.66. The molecular formula is C29H29F5O. The molecule has 3 aromatic rings. The first kappa shape index (κ1) is 25.2. The summed E-state index contributed by atoms with van der Waals surface area (Å²) >= 11 is 0. The Morgan fingerprint density at radius 3 is 2.06 bits per heavy atom. The minimum atomic E-state index is -4.10. The van der Waals surface area contributed by atoms with Crippen molar-refractivity contribution in [2.75, 3.05) is 0 Å². The van der Waals surface area contributed by atoms with Crippen LogP contribution in [0.3, 0.4) is 0 Å². The molecule has 0 atom stereocenters. The Balaban J connectivity index is 1.47. The molecule has 0 aliphatic heterocycles. The Labute approximate surface area is 202 Å². The van der Waals surface area contributed by atoms with Crippen molar-refractivity contribution in [1.82, 2.24) is 0 Å². The fourth-order valence-electron chi connectivity index (χ4n) is 4.75. The summed E-state index contributed by atoms with van der Waals surface area (Å²) in [5, 5.41) is 0. The van der Waals surface area contributed by atoms with Crippen molar-refractivity contribution in [2.45, 2.75) is 58.5 Å². The number of alkyl halides is 2. The maximum atomic E-state index is 14.8. The summed E-state index contributed by atoms with van der Waals surface area (Å²) in [6.45, 7) is 4.08. The van der Waals surface area contributed by atoms with Gasteiger partial charge in [0.05, 0.1) is 11.1 Å². The van der Waals surface area contributed by atoms with Gasteiger partial charge in [-0.1, -0.05) is 68.5 Å². The maximum Gasteiger partial charge on any atom is 0.429 e. The van der Waals surface area contributed by atoms with Gasteiger partial charge in [-0.05, 0) is 54.9 Å². The van der Waals surface area contributed by atoms with Crippen molar-refractivity contribution in [3.8, 4) is 16.9 Å². The molecular weight excluding hydrogens is 459 g/mol. The second-order valence-corrected chi connectivity index (χ2v) is 9.73. The molecule has 0 amide bonds. The molecule has 3 aromatic carbocycles. The van der Waals surface area contributed by atoms with E-state index < -0.39 is 34.9 Å². The van der Waals surface area contributed by atoms with Crippen LogP contribution in [0.25, 0.3) is 11.1 Å². The van der Waals surface area contributed by atoms with E-state index in [2.05, 4.69) is 11.7 Å². The fraction of sp³-hybridized carbons (Fsp3) is 0.379. The van der Waals surface area contributed by atoms with Crippen molar-refractivity contribution in [3.63, 3.8) is 0 Å². The van der Waals surface area contributed by atoms with Gasteiger partial charge in [-0.2, -0.15) is 8.78 Å². The van der Waals surface area contributed by atoms with Crippen LogP contribution in [0, 0.1) is 36.2 Å². The monoisotopic (exact) mass is 488 g/mol. The first-order valence-electron chi connectivity index (χ1n) is 12.0. The minimum Gasteiger partial charge on any atom is -0.429 e. The van der Waals surface area contributed by atoms with E-state index in [1.54, 1.807) is 12.1 Å². The van der Waals surface area contributed by atoms with Crippen LogP contribution >= 0.6 is 0 Å². The summed E-state index contributed by atoms with van der Waals surface area (Å²) in [5.74, 6) is -2.62. The number of benzene rings is 3. The normalized spacial score (nSPS) is 18.5. The van der Waals surface area contributed by atoms with Gasteiger partial charge in [0.1, 0.15) is 23.2 Å². The third kappa shape index (κ3) is 6.03. The number of rotatable bonds is 7. The first-order valence-corrected chi connectivity index (χ1v) is 12.0. The summed E-state index contributed by atoms with van der Waals surface area (Å²) in [6.07, 6.45) is 2.06. The van der Waals surface area contributed by atoms with Gasteiger partial charge >= 0.3 is 6.11 Å². The van der Waals surface area contributed by atoms with Crippen LogP contribution in [-0.4, -0.2) is 0 Å². The highest BCUT2D eigenvalue weighted by Gasteiger charge is 2.38. The van der Waals surface area contributed by atoms with Crippen molar-refractivity contribution < 1.29 is 26.7 Å². The van der Waals surface area contributed by atoms with E-state index in [0.29, 0.717) is 30.0 Å². The van der Waals surface area contributed by atoms with Gasteiger partial charge in [-0.3, -0.25) is 0 Å². The van der Waals surface area contributed by atoms with E-state index in [1.807, 2.05) is 6.92 Å². The molecule has 1 aliphatic carbocycles. The molecule has 4 rings (SSSR count). The fourth-order valence-corrected chi connectivity index (χ4v) is 4.75. The van der Waals surface area contributed by atoms with Gasteiger partial charge in [0, 0.05) is 12.1 Å². The second-order valence-electron chi connectivity index (χ2n) is 9.73. The number of aryl methyl sites for hydroxylation is 2. The lowest BCUT2D eigenvalue weighted by molar-refractivity contribution is -0.187. The predicted molar refractivity (Wildman–Crippen MR) is 127 cm³/mol. The molecule has 0 heterocycles. The Hall–Kier alpha value is -2.89. The lowest BCUT2D eigenvalue weighted by Crippen LogP contribution is -2.23.